The topological polar surface area (TPSA) is 39.1 Å². The highest BCUT2D eigenvalue weighted by Crippen LogP contribution is 2.32. The third-order valence-corrected chi connectivity index (χ3v) is 4.21. The zero-order valence-electron chi connectivity index (χ0n) is 12.8. The fourth-order valence-corrected chi connectivity index (χ4v) is 3.09. The second-order valence-corrected chi connectivity index (χ2v) is 5.69. The molecule has 0 spiro atoms. The van der Waals surface area contributed by atoms with Crippen LogP contribution in [0.1, 0.15) is 35.7 Å². The Hall–Kier alpha value is -1.81. The molecule has 1 N–H and O–H groups in total. The first-order valence-corrected chi connectivity index (χ1v) is 7.65. The molecule has 1 aliphatic carbocycles. The smallest absolute Gasteiger partial charge is 0.119 e. The van der Waals surface area contributed by atoms with Crippen molar-refractivity contribution in [2.24, 2.45) is 7.05 Å². The molecule has 2 aromatic rings. The van der Waals surface area contributed by atoms with Crippen LogP contribution in [0.5, 0.6) is 5.75 Å². The van der Waals surface area contributed by atoms with Crippen molar-refractivity contribution in [3.05, 3.63) is 47.3 Å². The van der Waals surface area contributed by atoms with Crippen LogP contribution in [0.25, 0.3) is 0 Å². The van der Waals surface area contributed by atoms with Gasteiger partial charge in [0, 0.05) is 32.3 Å². The molecule has 1 aromatic heterocycles. The van der Waals surface area contributed by atoms with Gasteiger partial charge in [0.05, 0.1) is 12.8 Å². The number of methoxy groups -OCH3 is 1. The summed E-state index contributed by atoms with van der Waals surface area (Å²) in [6, 6.07) is 8.98. The van der Waals surface area contributed by atoms with Gasteiger partial charge in [-0.05, 0) is 48.6 Å². The number of hydrogen-bond acceptors (Lipinski definition) is 3. The van der Waals surface area contributed by atoms with E-state index in [0.717, 1.165) is 24.4 Å². The Morgan fingerprint density at radius 3 is 3.05 bits per heavy atom. The van der Waals surface area contributed by atoms with Crippen LogP contribution in [0.3, 0.4) is 0 Å². The van der Waals surface area contributed by atoms with Crippen LogP contribution in [0, 0.1) is 0 Å². The van der Waals surface area contributed by atoms with Crippen molar-refractivity contribution >= 4 is 0 Å². The van der Waals surface area contributed by atoms with Crippen molar-refractivity contribution in [3.8, 4) is 5.75 Å². The van der Waals surface area contributed by atoms with Gasteiger partial charge in [0.25, 0.3) is 0 Å². The largest absolute Gasteiger partial charge is 0.497 e. The number of rotatable bonds is 5. The maximum atomic E-state index is 5.36. The van der Waals surface area contributed by atoms with Crippen molar-refractivity contribution in [1.82, 2.24) is 15.1 Å². The molecule has 1 aliphatic rings. The minimum Gasteiger partial charge on any atom is -0.497 e. The van der Waals surface area contributed by atoms with E-state index in [0.29, 0.717) is 6.04 Å². The number of aromatic nitrogens is 2. The Morgan fingerprint density at radius 2 is 2.29 bits per heavy atom. The summed E-state index contributed by atoms with van der Waals surface area (Å²) < 4.78 is 7.22. The van der Waals surface area contributed by atoms with Crippen LogP contribution < -0.4 is 10.1 Å². The molecule has 4 heteroatoms. The molecule has 112 valence electrons. The fourth-order valence-electron chi connectivity index (χ4n) is 3.09. The summed E-state index contributed by atoms with van der Waals surface area (Å²) in [6.07, 6.45) is 6.59. The summed E-state index contributed by atoms with van der Waals surface area (Å²) in [5, 5.41) is 8.10. The van der Waals surface area contributed by atoms with Gasteiger partial charge in [0.1, 0.15) is 5.75 Å². The minimum absolute atomic E-state index is 0.438. The molecule has 4 nitrogen and oxygen atoms in total. The summed E-state index contributed by atoms with van der Waals surface area (Å²) in [5.74, 6) is 0.951. The Morgan fingerprint density at radius 1 is 1.38 bits per heavy atom. The molecule has 1 aromatic carbocycles. The first kappa shape index (κ1) is 14.1. The van der Waals surface area contributed by atoms with Gasteiger partial charge in [-0.25, -0.2) is 0 Å². The SMILES string of the molecule is COc1ccc2c(c1)C(NCCc1ccn(C)n1)CCC2. The van der Waals surface area contributed by atoms with E-state index >= 15 is 0 Å². The standard InChI is InChI=1S/C17H23N3O/c1-20-11-9-14(19-20)8-10-18-17-5-3-4-13-6-7-15(21-2)12-16(13)17/h6-7,9,11-12,17-18H,3-5,8,10H2,1-2H3. The lowest BCUT2D eigenvalue weighted by atomic mass is 9.87. The highest BCUT2D eigenvalue weighted by molar-refractivity contribution is 5.39. The number of nitrogens with zero attached hydrogens (tertiary/aromatic N) is 2. The van der Waals surface area contributed by atoms with Crippen LogP contribution >= 0.6 is 0 Å². The molecule has 21 heavy (non-hydrogen) atoms. The first-order chi connectivity index (χ1) is 10.3. The van der Waals surface area contributed by atoms with Gasteiger partial charge in [0.2, 0.25) is 0 Å². The van der Waals surface area contributed by atoms with Gasteiger partial charge >= 0.3 is 0 Å². The van der Waals surface area contributed by atoms with E-state index in [9.17, 15) is 0 Å². The lowest BCUT2D eigenvalue weighted by Crippen LogP contribution is -2.27. The predicted octanol–water partition coefficient (Wildman–Crippen LogP) is 2.64. The molecule has 0 aliphatic heterocycles. The molecule has 0 saturated carbocycles. The van der Waals surface area contributed by atoms with E-state index in [1.54, 1.807) is 7.11 Å². The maximum absolute atomic E-state index is 5.36. The predicted molar refractivity (Wildman–Crippen MR) is 83.6 cm³/mol. The van der Waals surface area contributed by atoms with Gasteiger partial charge in [0.15, 0.2) is 0 Å². The number of fused-ring (bicyclic) bond motifs is 1. The van der Waals surface area contributed by atoms with Crippen molar-refractivity contribution in [1.29, 1.82) is 0 Å². The normalized spacial score (nSPS) is 17.5. The second-order valence-electron chi connectivity index (χ2n) is 5.69. The van der Waals surface area contributed by atoms with Crippen molar-refractivity contribution < 1.29 is 4.74 Å². The highest BCUT2D eigenvalue weighted by Gasteiger charge is 2.20. The number of nitrogens with one attached hydrogen (secondary N) is 1. The second kappa shape index (κ2) is 6.31. The molecule has 0 amide bonds. The van der Waals surface area contributed by atoms with E-state index in [1.165, 1.54) is 30.4 Å². The summed E-state index contributed by atoms with van der Waals surface area (Å²) in [5.41, 5.74) is 4.01. The van der Waals surface area contributed by atoms with Gasteiger partial charge in [-0.3, -0.25) is 4.68 Å². The van der Waals surface area contributed by atoms with E-state index in [2.05, 4.69) is 34.7 Å². The molecule has 1 heterocycles. The maximum Gasteiger partial charge on any atom is 0.119 e. The van der Waals surface area contributed by atoms with E-state index in [1.807, 2.05) is 17.9 Å². The Balaban J connectivity index is 1.64. The Bertz CT molecular complexity index is 606. The van der Waals surface area contributed by atoms with Crippen LogP contribution in [-0.4, -0.2) is 23.4 Å². The van der Waals surface area contributed by atoms with Crippen LogP contribution in [-0.2, 0) is 19.9 Å². The van der Waals surface area contributed by atoms with E-state index in [4.69, 9.17) is 4.74 Å². The van der Waals surface area contributed by atoms with Gasteiger partial charge in [-0.2, -0.15) is 5.10 Å². The van der Waals surface area contributed by atoms with Crippen molar-refractivity contribution in [2.45, 2.75) is 31.7 Å². The summed E-state index contributed by atoms with van der Waals surface area (Å²) in [6.45, 7) is 0.957. The lowest BCUT2D eigenvalue weighted by Gasteiger charge is -2.27. The molecule has 1 atom stereocenters. The average Bonchev–Trinajstić information content (AvgIpc) is 2.92. The first-order valence-electron chi connectivity index (χ1n) is 7.65. The quantitative estimate of drug-likeness (QED) is 0.918. The molecular weight excluding hydrogens is 262 g/mol. The summed E-state index contributed by atoms with van der Waals surface area (Å²) >= 11 is 0. The highest BCUT2D eigenvalue weighted by atomic mass is 16.5. The molecule has 0 fully saturated rings. The number of ether oxygens (including phenoxy) is 1. The molecular formula is C17H23N3O. The van der Waals surface area contributed by atoms with Gasteiger partial charge in [-0.1, -0.05) is 6.07 Å². The average molecular weight is 285 g/mol. The lowest BCUT2D eigenvalue weighted by molar-refractivity contribution is 0.409. The fraction of sp³-hybridized carbons (Fsp3) is 0.471. The molecule has 0 bridgehead atoms. The van der Waals surface area contributed by atoms with Crippen LogP contribution in [0.2, 0.25) is 0 Å². The third kappa shape index (κ3) is 3.27. The zero-order valence-corrected chi connectivity index (χ0v) is 12.8. The summed E-state index contributed by atoms with van der Waals surface area (Å²) in [4.78, 5) is 0. The molecule has 0 radical (unpaired) electrons. The molecule has 0 saturated heterocycles. The minimum atomic E-state index is 0.438. The van der Waals surface area contributed by atoms with E-state index in [-0.39, 0.29) is 0 Å². The molecule has 3 rings (SSSR count). The zero-order chi connectivity index (χ0) is 14.7. The monoisotopic (exact) mass is 285 g/mol. The van der Waals surface area contributed by atoms with E-state index < -0.39 is 0 Å². The Kier molecular flexibility index (Phi) is 4.25. The van der Waals surface area contributed by atoms with Crippen LogP contribution in [0.4, 0.5) is 0 Å². The van der Waals surface area contributed by atoms with Crippen molar-refractivity contribution in [3.63, 3.8) is 0 Å². The molecule has 1 unspecified atom stereocenters. The number of aryl methyl sites for hydroxylation is 2. The van der Waals surface area contributed by atoms with Gasteiger partial charge in [-0.15, -0.1) is 0 Å². The van der Waals surface area contributed by atoms with Crippen LogP contribution in [0.15, 0.2) is 30.5 Å². The number of hydrogen-bond donors (Lipinski definition) is 1. The third-order valence-electron chi connectivity index (χ3n) is 4.21. The Labute approximate surface area is 126 Å². The number of benzene rings is 1. The van der Waals surface area contributed by atoms with Crippen molar-refractivity contribution in [2.75, 3.05) is 13.7 Å². The van der Waals surface area contributed by atoms with Gasteiger partial charge < -0.3 is 10.1 Å². The summed E-state index contributed by atoms with van der Waals surface area (Å²) in [7, 11) is 3.69.